The summed E-state index contributed by atoms with van der Waals surface area (Å²) in [6.45, 7) is 2.17. The number of amides is 1. The summed E-state index contributed by atoms with van der Waals surface area (Å²) >= 11 is 1.32. The van der Waals surface area contributed by atoms with E-state index in [1.54, 1.807) is 14.0 Å². The molecule has 2 N–H and O–H groups in total. The lowest BCUT2D eigenvalue weighted by atomic mass is 10.1. The van der Waals surface area contributed by atoms with Gasteiger partial charge in [-0.3, -0.25) is 9.59 Å². The minimum atomic E-state index is -0.826. The Bertz CT molecular complexity index is 464. The Balaban J connectivity index is 2.54. The average molecular weight is 297 g/mol. The highest BCUT2D eigenvalue weighted by Gasteiger charge is 2.12. The van der Waals surface area contributed by atoms with Gasteiger partial charge in [-0.1, -0.05) is 19.1 Å². The topological polar surface area (TPSA) is 75.6 Å². The van der Waals surface area contributed by atoms with E-state index in [2.05, 4.69) is 5.32 Å². The number of anilines is 1. The molecule has 0 radical (unpaired) electrons. The second-order valence-electron chi connectivity index (χ2n) is 4.43. The number of aliphatic carboxylic acids is 1. The number of hydrogen-bond acceptors (Lipinski definition) is 4. The van der Waals surface area contributed by atoms with Crippen LogP contribution in [0.5, 0.6) is 0 Å². The quantitative estimate of drug-likeness (QED) is 0.769. The van der Waals surface area contributed by atoms with Crippen LogP contribution in [0.25, 0.3) is 0 Å². The van der Waals surface area contributed by atoms with Crippen LogP contribution in [0.1, 0.15) is 12.5 Å². The number of methoxy groups -OCH3 is 1. The van der Waals surface area contributed by atoms with Crippen LogP contribution >= 0.6 is 11.8 Å². The van der Waals surface area contributed by atoms with Crippen molar-refractivity contribution in [3.63, 3.8) is 0 Å². The zero-order chi connectivity index (χ0) is 15.0. The molecule has 0 saturated heterocycles. The molecule has 6 heteroatoms. The Labute approximate surface area is 122 Å². The van der Waals surface area contributed by atoms with Crippen molar-refractivity contribution in [2.45, 2.75) is 12.7 Å². The zero-order valence-electron chi connectivity index (χ0n) is 11.6. The molecular formula is C14H19NO4S. The Hall–Kier alpha value is -1.53. The van der Waals surface area contributed by atoms with E-state index in [4.69, 9.17) is 9.84 Å². The maximum absolute atomic E-state index is 11.8. The van der Waals surface area contributed by atoms with Crippen LogP contribution in [0, 0.1) is 5.92 Å². The van der Waals surface area contributed by atoms with E-state index in [9.17, 15) is 9.59 Å². The molecule has 110 valence electrons. The van der Waals surface area contributed by atoms with Gasteiger partial charge in [0, 0.05) is 18.6 Å². The molecule has 0 aliphatic carbocycles. The highest BCUT2D eigenvalue weighted by atomic mass is 32.2. The lowest BCUT2D eigenvalue weighted by Gasteiger charge is -2.12. The number of rotatable bonds is 8. The Morgan fingerprint density at radius 2 is 2.20 bits per heavy atom. The molecular weight excluding hydrogens is 278 g/mol. The molecule has 1 aromatic rings. The average Bonchev–Trinajstić information content (AvgIpc) is 2.39. The van der Waals surface area contributed by atoms with E-state index in [1.165, 1.54) is 11.8 Å². The molecule has 0 bridgehead atoms. The van der Waals surface area contributed by atoms with Crippen molar-refractivity contribution in [2.24, 2.45) is 5.92 Å². The standard InChI is InChI=1S/C14H19NO4S/c1-10(7-19-2)14(18)15-12-5-3-4-11(6-12)8-20-9-13(16)17/h3-6,10H,7-9H2,1-2H3,(H,15,18)(H,16,17). The summed E-state index contributed by atoms with van der Waals surface area (Å²) in [6.07, 6.45) is 0. The predicted octanol–water partition coefficient (Wildman–Crippen LogP) is 2.23. The number of nitrogens with one attached hydrogen (secondary N) is 1. The van der Waals surface area contributed by atoms with Crippen molar-refractivity contribution in [2.75, 3.05) is 24.8 Å². The molecule has 0 saturated carbocycles. The lowest BCUT2D eigenvalue weighted by Crippen LogP contribution is -2.23. The third-order valence-corrected chi connectivity index (χ3v) is 3.54. The molecule has 1 aromatic carbocycles. The molecule has 5 nitrogen and oxygen atoms in total. The SMILES string of the molecule is COCC(C)C(=O)Nc1cccc(CSCC(=O)O)c1. The molecule has 0 heterocycles. The van der Waals surface area contributed by atoms with E-state index in [1.807, 2.05) is 24.3 Å². The molecule has 0 aromatic heterocycles. The van der Waals surface area contributed by atoms with Gasteiger partial charge in [0.15, 0.2) is 0 Å². The van der Waals surface area contributed by atoms with E-state index in [-0.39, 0.29) is 17.6 Å². The fourth-order valence-corrected chi connectivity index (χ4v) is 2.28. The van der Waals surface area contributed by atoms with Gasteiger partial charge in [0.2, 0.25) is 5.91 Å². The maximum atomic E-state index is 11.8. The summed E-state index contributed by atoms with van der Waals surface area (Å²) in [4.78, 5) is 22.3. The van der Waals surface area contributed by atoms with E-state index in [0.29, 0.717) is 18.0 Å². The first-order valence-electron chi connectivity index (χ1n) is 6.21. The Morgan fingerprint density at radius 1 is 1.45 bits per heavy atom. The van der Waals surface area contributed by atoms with Crippen molar-refractivity contribution >= 4 is 29.3 Å². The van der Waals surface area contributed by atoms with Gasteiger partial charge in [-0.05, 0) is 17.7 Å². The van der Waals surface area contributed by atoms with Gasteiger partial charge in [-0.2, -0.15) is 0 Å². The van der Waals surface area contributed by atoms with Crippen molar-refractivity contribution < 1.29 is 19.4 Å². The van der Waals surface area contributed by atoms with Gasteiger partial charge < -0.3 is 15.2 Å². The van der Waals surface area contributed by atoms with Crippen LogP contribution in [-0.2, 0) is 20.1 Å². The number of carbonyl (C=O) groups excluding carboxylic acids is 1. The van der Waals surface area contributed by atoms with Gasteiger partial charge in [0.25, 0.3) is 0 Å². The van der Waals surface area contributed by atoms with E-state index < -0.39 is 5.97 Å². The summed E-state index contributed by atoms with van der Waals surface area (Å²) in [5, 5.41) is 11.4. The first-order chi connectivity index (χ1) is 9.52. The Morgan fingerprint density at radius 3 is 2.85 bits per heavy atom. The fourth-order valence-electron chi connectivity index (χ4n) is 1.59. The molecule has 1 rings (SSSR count). The van der Waals surface area contributed by atoms with Crippen molar-refractivity contribution in [3.05, 3.63) is 29.8 Å². The first-order valence-corrected chi connectivity index (χ1v) is 7.36. The molecule has 1 amide bonds. The number of benzene rings is 1. The summed E-state index contributed by atoms with van der Waals surface area (Å²) in [6, 6.07) is 7.41. The normalized spacial score (nSPS) is 11.9. The lowest BCUT2D eigenvalue weighted by molar-refractivity contribution is -0.133. The largest absolute Gasteiger partial charge is 0.481 e. The highest BCUT2D eigenvalue weighted by molar-refractivity contribution is 7.99. The van der Waals surface area contributed by atoms with Gasteiger partial charge >= 0.3 is 5.97 Å². The molecule has 0 spiro atoms. The van der Waals surface area contributed by atoms with Crippen LogP contribution in [0.2, 0.25) is 0 Å². The molecule has 20 heavy (non-hydrogen) atoms. The number of thioether (sulfide) groups is 1. The summed E-state index contributed by atoms with van der Waals surface area (Å²) in [7, 11) is 1.56. The van der Waals surface area contributed by atoms with Crippen LogP contribution in [-0.4, -0.2) is 36.5 Å². The van der Waals surface area contributed by atoms with Crippen molar-refractivity contribution in [3.8, 4) is 0 Å². The number of carbonyl (C=O) groups is 2. The van der Waals surface area contributed by atoms with Gasteiger partial charge in [0.05, 0.1) is 18.3 Å². The Kier molecular flexibility index (Phi) is 7.11. The number of carboxylic acid groups (broad SMARTS) is 1. The van der Waals surface area contributed by atoms with Crippen LogP contribution < -0.4 is 5.32 Å². The second-order valence-corrected chi connectivity index (χ2v) is 5.42. The molecule has 0 fully saturated rings. The third-order valence-electron chi connectivity index (χ3n) is 2.55. The second kappa shape index (κ2) is 8.60. The molecule has 0 aliphatic rings. The van der Waals surface area contributed by atoms with Crippen LogP contribution in [0.15, 0.2) is 24.3 Å². The van der Waals surface area contributed by atoms with Crippen LogP contribution in [0.4, 0.5) is 5.69 Å². The highest BCUT2D eigenvalue weighted by Crippen LogP contribution is 2.17. The maximum Gasteiger partial charge on any atom is 0.313 e. The number of ether oxygens (including phenoxy) is 1. The molecule has 1 atom stereocenters. The molecule has 1 unspecified atom stereocenters. The van der Waals surface area contributed by atoms with Gasteiger partial charge in [0.1, 0.15) is 0 Å². The van der Waals surface area contributed by atoms with E-state index in [0.717, 1.165) is 5.56 Å². The smallest absolute Gasteiger partial charge is 0.313 e. The van der Waals surface area contributed by atoms with Crippen molar-refractivity contribution in [1.29, 1.82) is 0 Å². The summed E-state index contributed by atoms with van der Waals surface area (Å²) in [5.41, 5.74) is 1.69. The fraction of sp³-hybridized carbons (Fsp3) is 0.429. The number of hydrogen-bond donors (Lipinski definition) is 2. The van der Waals surface area contributed by atoms with Crippen LogP contribution in [0.3, 0.4) is 0 Å². The summed E-state index contributed by atoms with van der Waals surface area (Å²) in [5.74, 6) is -0.467. The van der Waals surface area contributed by atoms with Crippen molar-refractivity contribution in [1.82, 2.24) is 0 Å². The third kappa shape index (κ3) is 6.08. The minimum Gasteiger partial charge on any atom is -0.481 e. The monoisotopic (exact) mass is 297 g/mol. The van der Waals surface area contributed by atoms with E-state index >= 15 is 0 Å². The zero-order valence-corrected chi connectivity index (χ0v) is 12.4. The first kappa shape index (κ1) is 16.5. The number of carboxylic acids is 1. The molecule has 0 aliphatic heterocycles. The predicted molar refractivity (Wildman–Crippen MR) is 79.9 cm³/mol. The summed E-state index contributed by atoms with van der Waals surface area (Å²) < 4.78 is 4.94. The van der Waals surface area contributed by atoms with Gasteiger partial charge in [-0.25, -0.2) is 0 Å². The minimum absolute atomic E-state index is 0.0709. The van der Waals surface area contributed by atoms with Gasteiger partial charge in [-0.15, -0.1) is 11.8 Å².